The van der Waals surface area contributed by atoms with Gasteiger partial charge in [-0.15, -0.1) is 11.3 Å². The zero-order valence-corrected chi connectivity index (χ0v) is 9.55. The van der Waals surface area contributed by atoms with E-state index in [2.05, 4.69) is 16.3 Å². The first-order chi connectivity index (χ1) is 7.90. The molecule has 0 bridgehead atoms. The van der Waals surface area contributed by atoms with E-state index in [0.717, 1.165) is 21.8 Å². The molecule has 1 aliphatic rings. The Balaban J connectivity index is 2.07. The molecule has 1 saturated carbocycles. The molecule has 0 aliphatic heterocycles. The summed E-state index contributed by atoms with van der Waals surface area (Å²) in [6, 6.07) is 6.29. The minimum Gasteiger partial charge on any atom is -0.280 e. The van der Waals surface area contributed by atoms with E-state index in [4.69, 9.17) is 0 Å². The fraction of sp³-hybridized carbons (Fsp3) is 0.333. The van der Waals surface area contributed by atoms with Crippen molar-refractivity contribution in [2.24, 2.45) is 0 Å². The van der Waals surface area contributed by atoms with Gasteiger partial charge in [-0.25, -0.2) is 0 Å². The number of aromatic nitrogens is 2. The Kier molecular flexibility index (Phi) is 2.26. The topological polar surface area (TPSA) is 52.5 Å². The summed E-state index contributed by atoms with van der Waals surface area (Å²) >= 11 is 1.62. The Morgan fingerprint density at radius 1 is 1.50 bits per heavy atom. The maximum atomic E-state index is 9.25. The maximum Gasteiger partial charge on any atom is 0.120 e. The summed E-state index contributed by atoms with van der Waals surface area (Å²) in [6.07, 6.45) is 3.63. The number of thiophene rings is 1. The Labute approximate surface area is 97.7 Å². The molecule has 2 aromatic rings. The van der Waals surface area contributed by atoms with Crippen LogP contribution in [0.4, 0.5) is 0 Å². The van der Waals surface area contributed by atoms with Crippen molar-refractivity contribution >= 4 is 11.3 Å². The van der Waals surface area contributed by atoms with Crippen molar-refractivity contribution in [3.05, 3.63) is 28.8 Å². The highest BCUT2D eigenvalue weighted by atomic mass is 32.1. The molecule has 3 nitrogen and oxygen atoms in total. The van der Waals surface area contributed by atoms with E-state index in [-0.39, 0.29) is 0 Å². The molecule has 80 valence electrons. The second-order valence-electron chi connectivity index (χ2n) is 4.08. The highest BCUT2D eigenvalue weighted by molar-refractivity contribution is 7.13. The van der Waals surface area contributed by atoms with E-state index in [9.17, 15) is 5.26 Å². The molecular formula is C12H11N3S. The summed E-state index contributed by atoms with van der Waals surface area (Å²) in [5, 5.41) is 18.6. The third-order valence-electron chi connectivity index (χ3n) is 3.17. The average molecular weight is 229 g/mol. The fourth-order valence-electron chi connectivity index (χ4n) is 2.05. The van der Waals surface area contributed by atoms with Gasteiger partial charge in [-0.2, -0.15) is 10.4 Å². The quantitative estimate of drug-likeness (QED) is 0.859. The van der Waals surface area contributed by atoms with E-state index in [1.807, 2.05) is 17.5 Å². The lowest BCUT2D eigenvalue weighted by Crippen LogP contribution is -2.10. The van der Waals surface area contributed by atoms with Crippen molar-refractivity contribution in [3.8, 4) is 16.6 Å². The van der Waals surface area contributed by atoms with Crippen LogP contribution in [-0.2, 0) is 0 Å². The normalized spacial score (nSPS) is 15.7. The molecular weight excluding hydrogens is 218 g/mol. The van der Waals surface area contributed by atoms with Gasteiger partial charge in [-0.1, -0.05) is 12.5 Å². The summed E-state index contributed by atoms with van der Waals surface area (Å²) in [5.74, 6) is 0.524. The van der Waals surface area contributed by atoms with Crippen molar-refractivity contribution in [3.63, 3.8) is 0 Å². The lowest BCUT2D eigenvalue weighted by molar-refractivity contribution is 0.410. The number of hydrogen-bond donors (Lipinski definition) is 1. The van der Waals surface area contributed by atoms with Crippen LogP contribution in [0.3, 0.4) is 0 Å². The number of nitrogens with one attached hydrogen (secondary N) is 1. The molecule has 2 aromatic heterocycles. The van der Waals surface area contributed by atoms with Gasteiger partial charge in [-0.3, -0.25) is 5.10 Å². The van der Waals surface area contributed by atoms with Crippen molar-refractivity contribution in [2.75, 3.05) is 0 Å². The molecule has 16 heavy (non-hydrogen) atoms. The summed E-state index contributed by atoms with van der Waals surface area (Å²) in [6.45, 7) is 0. The molecule has 0 spiro atoms. The molecule has 3 rings (SSSR count). The molecule has 0 aromatic carbocycles. The third-order valence-corrected chi connectivity index (χ3v) is 4.05. The Morgan fingerprint density at radius 3 is 2.94 bits per heavy atom. The molecule has 2 heterocycles. The predicted molar refractivity (Wildman–Crippen MR) is 63.2 cm³/mol. The molecule has 0 amide bonds. The summed E-state index contributed by atoms with van der Waals surface area (Å²) in [5.41, 5.74) is 2.60. The Hall–Kier alpha value is -1.60. The van der Waals surface area contributed by atoms with Crippen LogP contribution in [0.25, 0.3) is 10.6 Å². The van der Waals surface area contributed by atoms with Crippen LogP contribution in [0, 0.1) is 11.3 Å². The minimum atomic E-state index is 0.524. The van der Waals surface area contributed by atoms with Crippen molar-refractivity contribution in [1.82, 2.24) is 10.2 Å². The second kappa shape index (κ2) is 3.76. The van der Waals surface area contributed by atoms with Gasteiger partial charge in [0, 0.05) is 5.92 Å². The highest BCUT2D eigenvalue weighted by Crippen LogP contribution is 2.39. The standard InChI is InChI=1S/C12H11N3S/c13-7-9-11(8-3-1-4-8)14-15-12(9)10-5-2-6-16-10/h2,5-6,8H,1,3-4H2,(H,14,15). The van der Waals surface area contributed by atoms with Gasteiger partial charge in [0.05, 0.1) is 10.6 Å². The molecule has 0 atom stereocenters. The summed E-state index contributed by atoms with van der Waals surface area (Å²) in [7, 11) is 0. The zero-order chi connectivity index (χ0) is 11.0. The number of nitriles is 1. The smallest absolute Gasteiger partial charge is 0.120 e. The fourth-order valence-corrected chi connectivity index (χ4v) is 2.77. The van der Waals surface area contributed by atoms with E-state index in [1.54, 1.807) is 11.3 Å². The van der Waals surface area contributed by atoms with Crippen LogP contribution in [-0.4, -0.2) is 10.2 Å². The van der Waals surface area contributed by atoms with Gasteiger partial charge < -0.3 is 0 Å². The minimum absolute atomic E-state index is 0.524. The first kappa shape index (κ1) is 9.61. The van der Waals surface area contributed by atoms with Crippen molar-refractivity contribution in [2.45, 2.75) is 25.2 Å². The first-order valence-corrected chi connectivity index (χ1v) is 6.30. The maximum absolute atomic E-state index is 9.25. The van der Waals surface area contributed by atoms with Gasteiger partial charge in [0.15, 0.2) is 0 Å². The van der Waals surface area contributed by atoms with Crippen LogP contribution in [0.15, 0.2) is 17.5 Å². The van der Waals surface area contributed by atoms with Crippen LogP contribution in [0.1, 0.15) is 36.4 Å². The second-order valence-corrected chi connectivity index (χ2v) is 5.03. The van der Waals surface area contributed by atoms with Gasteiger partial charge >= 0.3 is 0 Å². The van der Waals surface area contributed by atoms with E-state index in [1.165, 1.54) is 19.3 Å². The molecule has 1 N–H and O–H groups in total. The van der Waals surface area contributed by atoms with E-state index < -0.39 is 0 Å². The molecule has 0 unspecified atom stereocenters. The lowest BCUT2D eigenvalue weighted by Gasteiger charge is -2.23. The van der Waals surface area contributed by atoms with Crippen molar-refractivity contribution < 1.29 is 0 Å². The molecule has 1 fully saturated rings. The number of nitrogens with zero attached hydrogens (tertiary/aromatic N) is 2. The Bertz CT molecular complexity index is 529. The van der Waals surface area contributed by atoms with Crippen LogP contribution in [0.5, 0.6) is 0 Å². The Morgan fingerprint density at radius 2 is 2.38 bits per heavy atom. The number of hydrogen-bond acceptors (Lipinski definition) is 3. The predicted octanol–water partition coefficient (Wildman–Crippen LogP) is 3.28. The largest absolute Gasteiger partial charge is 0.280 e. The van der Waals surface area contributed by atoms with E-state index >= 15 is 0 Å². The highest BCUT2D eigenvalue weighted by Gasteiger charge is 2.26. The molecule has 0 saturated heterocycles. The number of aromatic amines is 1. The van der Waals surface area contributed by atoms with Crippen LogP contribution >= 0.6 is 11.3 Å². The van der Waals surface area contributed by atoms with Gasteiger partial charge in [0.25, 0.3) is 0 Å². The summed E-state index contributed by atoms with van der Waals surface area (Å²) < 4.78 is 0. The van der Waals surface area contributed by atoms with E-state index in [0.29, 0.717) is 5.92 Å². The van der Waals surface area contributed by atoms with Crippen LogP contribution in [0.2, 0.25) is 0 Å². The van der Waals surface area contributed by atoms with Gasteiger partial charge in [-0.05, 0) is 24.3 Å². The molecule has 0 radical (unpaired) electrons. The lowest BCUT2D eigenvalue weighted by atomic mass is 9.81. The van der Waals surface area contributed by atoms with Crippen molar-refractivity contribution in [1.29, 1.82) is 5.26 Å². The zero-order valence-electron chi connectivity index (χ0n) is 8.73. The number of H-pyrrole nitrogens is 1. The first-order valence-electron chi connectivity index (χ1n) is 5.42. The average Bonchev–Trinajstić information content (AvgIpc) is 2.81. The van der Waals surface area contributed by atoms with Crippen LogP contribution < -0.4 is 0 Å². The third kappa shape index (κ3) is 1.36. The number of rotatable bonds is 2. The summed E-state index contributed by atoms with van der Waals surface area (Å²) in [4.78, 5) is 1.07. The molecule has 4 heteroatoms. The van der Waals surface area contributed by atoms with Gasteiger partial charge in [0.2, 0.25) is 0 Å². The SMILES string of the molecule is N#Cc1c(-c2cccs2)n[nH]c1C1CCC1. The van der Waals surface area contributed by atoms with Gasteiger partial charge in [0.1, 0.15) is 17.3 Å². The monoisotopic (exact) mass is 229 g/mol. The molecule has 1 aliphatic carbocycles.